The number of hydrogen-bond donors (Lipinski definition) is 2. The lowest BCUT2D eigenvalue weighted by atomic mass is 10.1. The van der Waals surface area contributed by atoms with Crippen LogP contribution in [0.25, 0.3) is 0 Å². The van der Waals surface area contributed by atoms with Crippen LogP contribution in [-0.4, -0.2) is 56.6 Å². The second kappa shape index (κ2) is 12.7. The average molecular weight is 501 g/mol. The normalized spacial score (nSPS) is 16.4. The summed E-state index contributed by atoms with van der Waals surface area (Å²) >= 11 is 6.16. The lowest BCUT2D eigenvalue weighted by Crippen LogP contribution is -2.49. The number of piperidine rings is 1. The molecule has 0 amide bonds. The maximum absolute atomic E-state index is 12.4. The number of likely N-dealkylation sites (tertiary alicyclic amines) is 1. The van der Waals surface area contributed by atoms with Crippen LogP contribution in [0.3, 0.4) is 0 Å². The zero-order chi connectivity index (χ0) is 18.1. The van der Waals surface area contributed by atoms with Crippen molar-refractivity contribution in [1.82, 2.24) is 15.5 Å². The van der Waals surface area contributed by atoms with Crippen molar-refractivity contribution in [3.05, 3.63) is 34.9 Å². The SMILES string of the molecule is CN=C(NCCCc1ccccc1Cl)NC1CCN(CC(F)F)CC1.I. The number of halogens is 4. The fourth-order valence-electron chi connectivity index (χ4n) is 3.03. The van der Waals surface area contributed by atoms with Crippen molar-refractivity contribution in [3.8, 4) is 0 Å². The summed E-state index contributed by atoms with van der Waals surface area (Å²) in [6, 6.07) is 8.16. The maximum Gasteiger partial charge on any atom is 0.251 e. The zero-order valence-corrected chi connectivity index (χ0v) is 18.1. The van der Waals surface area contributed by atoms with E-state index in [9.17, 15) is 8.78 Å². The van der Waals surface area contributed by atoms with Gasteiger partial charge in [-0.15, -0.1) is 24.0 Å². The molecule has 148 valence electrons. The van der Waals surface area contributed by atoms with Gasteiger partial charge in [0.2, 0.25) is 0 Å². The van der Waals surface area contributed by atoms with Gasteiger partial charge < -0.3 is 10.6 Å². The highest BCUT2D eigenvalue weighted by atomic mass is 127. The highest BCUT2D eigenvalue weighted by Gasteiger charge is 2.21. The first-order valence-corrected chi connectivity index (χ1v) is 9.17. The lowest BCUT2D eigenvalue weighted by molar-refractivity contribution is 0.0744. The van der Waals surface area contributed by atoms with Crippen LogP contribution in [0.1, 0.15) is 24.8 Å². The molecule has 0 radical (unpaired) electrons. The van der Waals surface area contributed by atoms with Crippen molar-refractivity contribution in [3.63, 3.8) is 0 Å². The summed E-state index contributed by atoms with van der Waals surface area (Å²) in [7, 11) is 1.75. The van der Waals surface area contributed by atoms with Crippen LogP contribution in [0.2, 0.25) is 5.02 Å². The Kier molecular flexibility index (Phi) is 11.4. The van der Waals surface area contributed by atoms with Gasteiger partial charge in [-0.2, -0.15) is 0 Å². The number of hydrogen-bond acceptors (Lipinski definition) is 2. The van der Waals surface area contributed by atoms with E-state index in [1.54, 1.807) is 7.05 Å². The van der Waals surface area contributed by atoms with E-state index in [0.29, 0.717) is 13.1 Å². The maximum atomic E-state index is 12.4. The van der Waals surface area contributed by atoms with Crippen molar-refractivity contribution < 1.29 is 8.78 Å². The second-order valence-electron chi connectivity index (χ2n) is 6.30. The molecule has 0 spiro atoms. The van der Waals surface area contributed by atoms with E-state index in [2.05, 4.69) is 15.6 Å². The molecule has 1 aliphatic heterocycles. The van der Waals surface area contributed by atoms with Gasteiger partial charge in [0.05, 0.1) is 6.54 Å². The van der Waals surface area contributed by atoms with Crippen molar-refractivity contribution >= 4 is 41.5 Å². The van der Waals surface area contributed by atoms with E-state index in [-0.39, 0.29) is 36.6 Å². The fraction of sp³-hybridized carbons (Fsp3) is 0.611. The topological polar surface area (TPSA) is 39.7 Å². The fourth-order valence-corrected chi connectivity index (χ4v) is 3.26. The monoisotopic (exact) mass is 500 g/mol. The van der Waals surface area contributed by atoms with Gasteiger partial charge in [0.15, 0.2) is 5.96 Å². The van der Waals surface area contributed by atoms with Crippen LogP contribution in [0, 0.1) is 0 Å². The molecule has 0 aromatic heterocycles. The lowest BCUT2D eigenvalue weighted by Gasteiger charge is -2.32. The quantitative estimate of drug-likeness (QED) is 0.259. The van der Waals surface area contributed by atoms with Gasteiger partial charge in [-0.25, -0.2) is 8.78 Å². The van der Waals surface area contributed by atoms with Crippen LogP contribution < -0.4 is 10.6 Å². The predicted molar refractivity (Wildman–Crippen MR) is 115 cm³/mol. The van der Waals surface area contributed by atoms with E-state index >= 15 is 0 Å². The third-order valence-corrected chi connectivity index (χ3v) is 4.79. The summed E-state index contributed by atoms with van der Waals surface area (Å²) in [4.78, 5) is 6.07. The number of nitrogens with one attached hydrogen (secondary N) is 2. The van der Waals surface area contributed by atoms with E-state index in [0.717, 1.165) is 48.8 Å². The molecule has 1 heterocycles. The Morgan fingerprint density at radius 2 is 2.00 bits per heavy atom. The molecule has 2 rings (SSSR count). The van der Waals surface area contributed by atoms with Gasteiger partial charge in [-0.3, -0.25) is 9.89 Å². The number of rotatable bonds is 7. The first-order valence-electron chi connectivity index (χ1n) is 8.79. The molecule has 1 aliphatic rings. The van der Waals surface area contributed by atoms with E-state index < -0.39 is 6.43 Å². The molecule has 0 unspecified atom stereocenters. The molecular formula is C18H28ClF2IN4. The molecule has 1 aromatic rings. The summed E-state index contributed by atoms with van der Waals surface area (Å²) in [5, 5.41) is 7.51. The summed E-state index contributed by atoms with van der Waals surface area (Å²) in [5.74, 6) is 0.770. The van der Waals surface area contributed by atoms with Crippen LogP contribution >= 0.6 is 35.6 Å². The Morgan fingerprint density at radius 3 is 2.62 bits per heavy atom. The van der Waals surface area contributed by atoms with Gasteiger partial charge in [-0.05, 0) is 37.3 Å². The molecule has 2 N–H and O–H groups in total. The third-order valence-electron chi connectivity index (χ3n) is 4.42. The molecule has 0 atom stereocenters. The smallest absolute Gasteiger partial charge is 0.251 e. The molecular weight excluding hydrogens is 473 g/mol. The van der Waals surface area contributed by atoms with Crippen LogP contribution in [-0.2, 0) is 6.42 Å². The highest BCUT2D eigenvalue weighted by molar-refractivity contribution is 14.0. The highest BCUT2D eigenvalue weighted by Crippen LogP contribution is 2.16. The van der Waals surface area contributed by atoms with Gasteiger partial charge in [0.1, 0.15) is 0 Å². The van der Waals surface area contributed by atoms with Crippen molar-refractivity contribution in [1.29, 1.82) is 0 Å². The molecule has 1 fully saturated rings. The van der Waals surface area contributed by atoms with Crippen LogP contribution in [0.15, 0.2) is 29.3 Å². The minimum absolute atomic E-state index is 0. The Labute approximate surface area is 176 Å². The van der Waals surface area contributed by atoms with Crippen molar-refractivity contribution in [2.45, 2.75) is 38.2 Å². The molecule has 0 bridgehead atoms. The van der Waals surface area contributed by atoms with Crippen LogP contribution in [0.4, 0.5) is 8.78 Å². The Balaban J connectivity index is 0.00000338. The van der Waals surface area contributed by atoms with Gasteiger partial charge in [0, 0.05) is 37.7 Å². The first-order chi connectivity index (χ1) is 12.1. The van der Waals surface area contributed by atoms with Gasteiger partial charge in [-0.1, -0.05) is 29.8 Å². The molecule has 4 nitrogen and oxygen atoms in total. The number of aliphatic imine (C=N–C) groups is 1. The number of guanidine groups is 1. The van der Waals surface area contributed by atoms with E-state index in [1.165, 1.54) is 0 Å². The Hall–Kier alpha value is -0.670. The number of nitrogens with zero attached hydrogens (tertiary/aromatic N) is 2. The van der Waals surface area contributed by atoms with Crippen molar-refractivity contribution in [2.75, 3.05) is 33.2 Å². The van der Waals surface area contributed by atoms with E-state index in [4.69, 9.17) is 11.6 Å². The van der Waals surface area contributed by atoms with Gasteiger partial charge in [0.25, 0.3) is 6.43 Å². The average Bonchev–Trinajstić information content (AvgIpc) is 2.60. The predicted octanol–water partition coefficient (Wildman–Crippen LogP) is 3.79. The number of alkyl halides is 2. The Bertz CT molecular complexity index is 552. The minimum atomic E-state index is -2.25. The molecule has 8 heteroatoms. The Morgan fingerprint density at radius 1 is 1.31 bits per heavy atom. The van der Waals surface area contributed by atoms with E-state index in [1.807, 2.05) is 29.2 Å². The largest absolute Gasteiger partial charge is 0.356 e. The minimum Gasteiger partial charge on any atom is -0.356 e. The van der Waals surface area contributed by atoms with Crippen molar-refractivity contribution in [2.24, 2.45) is 4.99 Å². The third kappa shape index (κ3) is 8.35. The summed E-state index contributed by atoms with van der Waals surface area (Å²) in [5.41, 5.74) is 1.15. The molecule has 0 saturated carbocycles. The first kappa shape index (κ1) is 23.4. The summed E-state index contributed by atoms with van der Waals surface area (Å²) in [6.07, 6.45) is 1.32. The summed E-state index contributed by atoms with van der Waals surface area (Å²) < 4.78 is 24.8. The second-order valence-corrected chi connectivity index (χ2v) is 6.71. The number of aryl methyl sites for hydroxylation is 1. The molecule has 1 aromatic carbocycles. The summed E-state index contributed by atoms with van der Waals surface area (Å²) in [6.45, 7) is 2.08. The van der Waals surface area contributed by atoms with Gasteiger partial charge >= 0.3 is 0 Å². The van der Waals surface area contributed by atoms with Crippen LogP contribution in [0.5, 0.6) is 0 Å². The molecule has 26 heavy (non-hydrogen) atoms. The molecule has 1 saturated heterocycles. The number of benzene rings is 1. The standard InChI is InChI=1S/C18H27ClF2N4.HI/c1-22-18(23-10-4-6-14-5-2-3-7-16(14)19)24-15-8-11-25(12-9-15)13-17(20)21;/h2-3,5,7,15,17H,4,6,8-13H2,1H3,(H2,22,23,24);1H. The molecule has 0 aliphatic carbocycles. The zero-order valence-electron chi connectivity index (χ0n) is 15.1.